The smallest absolute Gasteiger partial charge is 0.0254 e. The molecule has 1 N–H and O–H groups in total. The van der Waals surface area contributed by atoms with Gasteiger partial charge in [0.25, 0.3) is 0 Å². The van der Waals surface area contributed by atoms with E-state index in [1.807, 2.05) is 0 Å². The van der Waals surface area contributed by atoms with Crippen molar-refractivity contribution < 1.29 is 0 Å². The monoisotopic (exact) mass is 294 g/mol. The highest BCUT2D eigenvalue weighted by Gasteiger charge is 2.39. The Bertz CT molecular complexity index is 287. The predicted molar refractivity (Wildman–Crippen MR) is 92.8 cm³/mol. The van der Waals surface area contributed by atoms with Gasteiger partial charge in [-0.15, -0.1) is 0 Å². The molecule has 2 rings (SSSR count). The molecule has 2 nitrogen and oxygen atoms in total. The van der Waals surface area contributed by atoms with Crippen LogP contribution in [-0.2, 0) is 0 Å². The zero-order valence-corrected chi connectivity index (χ0v) is 14.8. The average Bonchev–Trinajstić information content (AvgIpc) is 2.79. The second-order valence-electron chi connectivity index (χ2n) is 7.98. The molecular formula is C19H38N2. The maximum absolute atomic E-state index is 3.68. The van der Waals surface area contributed by atoms with E-state index in [0.29, 0.717) is 11.6 Å². The van der Waals surface area contributed by atoms with Crippen molar-refractivity contribution in [2.75, 3.05) is 13.6 Å². The topological polar surface area (TPSA) is 15.3 Å². The molecular weight excluding hydrogens is 256 g/mol. The van der Waals surface area contributed by atoms with E-state index in [9.17, 15) is 0 Å². The Morgan fingerprint density at radius 1 is 0.810 bits per heavy atom. The molecule has 2 aliphatic rings. The van der Waals surface area contributed by atoms with E-state index in [0.717, 1.165) is 6.04 Å². The highest BCUT2D eigenvalue weighted by atomic mass is 15.3. The minimum atomic E-state index is 0.414. The second-order valence-corrected chi connectivity index (χ2v) is 7.98. The summed E-state index contributed by atoms with van der Waals surface area (Å²) in [5.41, 5.74) is 0.414. The van der Waals surface area contributed by atoms with Crippen LogP contribution in [0.1, 0.15) is 90.9 Å². The van der Waals surface area contributed by atoms with Crippen molar-refractivity contribution in [3.8, 4) is 0 Å². The first-order valence-electron chi connectivity index (χ1n) is 9.59. The van der Waals surface area contributed by atoms with Gasteiger partial charge in [0.1, 0.15) is 0 Å². The maximum Gasteiger partial charge on any atom is 0.0254 e. The minimum Gasteiger partial charge on any atom is -0.315 e. The Hall–Kier alpha value is -0.0800. The van der Waals surface area contributed by atoms with Crippen LogP contribution in [-0.4, -0.2) is 36.1 Å². The average molecular weight is 295 g/mol. The van der Waals surface area contributed by atoms with Crippen molar-refractivity contribution in [3.63, 3.8) is 0 Å². The zero-order chi connectivity index (χ0) is 15.1. The van der Waals surface area contributed by atoms with Gasteiger partial charge >= 0.3 is 0 Å². The molecule has 1 saturated heterocycles. The van der Waals surface area contributed by atoms with Gasteiger partial charge in [0.05, 0.1) is 0 Å². The van der Waals surface area contributed by atoms with Gasteiger partial charge in [0, 0.05) is 17.6 Å². The van der Waals surface area contributed by atoms with Gasteiger partial charge in [0.2, 0.25) is 0 Å². The van der Waals surface area contributed by atoms with Crippen molar-refractivity contribution in [2.45, 2.75) is 109 Å². The van der Waals surface area contributed by atoms with E-state index < -0.39 is 0 Å². The van der Waals surface area contributed by atoms with Gasteiger partial charge in [-0.05, 0) is 53.1 Å². The minimum absolute atomic E-state index is 0.414. The second kappa shape index (κ2) is 8.53. The van der Waals surface area contributed by atoms with Crippen LogP contribution in [0.5, 0.6) is 0 Å². The Balaban J connectivity index is 2.03. The molecule has 2 fully saturated rings. The summed E-state index contributed by atoms with van der Waals surface area (Å²) in [6.45, 7) is 6.24. The number of nitrogens with one attached hydrogen (secondary N) is 1. The lowest BCUT2D eigenvalue weighted by atomic mass is 9.90. The van der Waals surface area contributed by atoms with Gasteiger partial charge in [-0.2, -0.15) is 0 Å². The van der Waals surface area contributed by atoms with Crippen LogP contribution in [0.4, 0.5) is 0 Å². The lowest BCUT2D eigenvalue weighted by molar-refractivity contribution is 0.0792. The molecule has 0 aromatic rings. The summed E-state index contributed by atoms with van der Waals surface area (Å²) in [5, 5.41) is 3.68. The predicted octanol–water partition coefficient (Wildman–Crippen LogP) is 4.73. The number of nitrogens with zero attached hydrogens (tertiary/aromatic N) is 1. The lowest BCUT2D eigenvalue weighted by Gasteiger charge is -2.42. The summed E-state index contributed by atoms with van der Waals surface area (Å²) in [4.78, 5) is 2.85. The molecule has 0 spiro atoms. The third kappa shape index (κ3) is 4.96. The first kappa shape index (κ1) is 17.3. The Labute approximate surface area is 133 Å². The SMILES string of the molecule is CNC1CCCCCCCCCCC1N1CCCC1(C)C. The Kier molecular flexibility index (Phi) is 7.01. The fraction of sp³-hybridized carbons (Fsp3) is 1.00. The summed E-state index contributed by atoms with van der Waals surface area (Å²) in [5.74, 6) is 0. The van der Waals surface area contributed by atoms with E-state index >= 15 is 0 Å². The molecule has 124 valence electrons. The van der Waals surface area contributed by atoms with Gasteiger partial charge in [-0.3, -0.25) is 4.90 Å². The fourth-order valence-corrected chi connectivity index (χ4v) is 4.62. The zero-order valence-electron chi connectivity index (χ0n) is 14.8. The first-order chi connectivity index (χ1) is 10.1. The molecule has 1 aliphatic heterocycles. The van der Waals surface area contributed by atoms with E-state index in [1.165, 1.54) is 83.6 Å². The molecule has 2 atom stereocenters. The van der Waals surface area contributed by atoms with Crippen LogP contribution >= 0.6 is 0 Å². The van der Waals surface area contributed by atoms with E-state index in [2.05, 4.69) is 31.1 Å². The summed E-state index contributed by atoms with van der Waals surface area (Å²) >= 11 is 0. The first-order valence-corrected chi connectivity index (χ1v) is 9.59. The largest absolute Gasteiger partial charge is 0.315 e. The van der Waals surface area contributed by atoms with Crippen LogP contribution in [0, 0.1) is 0 Å². The van der Waals surface area contributed by atoms with Crippen LogP contribution in [0.15, 0.2) is 0 Å². The van der Waals surface area contributed by atoms with Gasteiger partial charge in [-0.1, -0.05) is 51.4 Å². The van der Waals surface area contributed by atoms with E-state index in [1.54, 1.807) is 0 Å². The van der Waals surface area contributed by atoms with Gasteiger partial charge < -0.3 is 5.32 Å². The fourth-order valence-electron chi connectivity index (χ4n) is 4.62. The maximum atomic E-state index is 3.68. The lowest BCUT2D eigenvalue weighted by Crippen LogP contribution is -2.54. The van der Waals surface area contributed by atoms with E-state index in [-0.39, 0.29) is 0 Å². The normalized spacial score (nSPS) is 33.3. The number of rotatable bonds is 2. The van der Waals surface area contributed by atoms with Crippen molar-refractivity contribution in [1.82, 2.24) is 10.2 Å². The van der Waals surface area contributed by atoms with Crippen LogP contribution in [0.3, 0.4) is 0 Å². The summed E-state index contributed by atoms with van der Waals surface area (Å²) < 4.78 is 0. The molecule has 0 aromatic carbocycles. The molecule has 0 bridgehead atoms. The molecule has 0 radical (unpaired) electrons. The van der Waals surface area contributed by atoms with Crippen molar-refractivity contribution in [3.05, 3.63) is 0 Å². The summed E-state index contributed by atoms with van der Waals surface area (Å²) in [7, 11) is 2.19. The highest BCUT2D eigenvalue weighted by molar-refractivity contribution is 4.96. The Morgan fingerprint density at radius 2 is 1.38 bits per heavy atom. The van der Waals surface area contributed by atoms with Crippen LogP contribution < -0.4 is 5.32 Å². The molecule has 2 unspecified atom stereocenters. The third-order valence-corrected chi connectivity index (χ3v) is 5.97. The van der Waals surface area contributed by atoms with Crippen molar-refractivity contribution in [1.29, 1.82) is 0 Å². The number of hydrogen-bond acceptors (Lipinski definition) is 2. The molecule has 1 aliphatic carbocycles. The molecule has 0 amide bonds. The third-order valence-electron chi connectivity index (χ3n) is 5.97. The summed E-state index contributed by atoms with van der Waals surface area (Å²) in [6, 6.07) is 1.45. The van der Waals surface area contributed by atoms with Gasteiger partial charge in [0.15, 0.2) is 0 Å². The molecule has 2 heteroatoms. The Morgan fingerprint density at radius 3 is 1.90 bits per heavy atom. The van der Waals surface area contributed by atoms with Crippen molar-refractivity contribution in [2.24, 2.45) is 0 Å². The van der Waals surface area contributed by atoms with Crippen LogP contribution in [0.25, 0.3) is 0 Å². The highest BCUT2D eigenvalue weighted by Crippen LogP contribution is 2.34. The molecule has 1 heterocycles. The molecule has 0 aromatic heterocycles. The number of hydrogen-bond donors (Lipinski definition) is 1. The van der Waals surface area contributed by atoms with E-state index in [4.69, 9.17) is 0 Å². The molecule has 21 heavy (non-hydrogen) atoms. The van der Waals surface area contributed by atoms with Crippen molar-refractivity contribution >= 4 is 0 Å². The summed E-state index contributed by atoms with van der Waals surface area (Å²) in [6.07, 6.45) is 17.1. The standard InChI is InChI=1S/C19H38N2/c1-19(2)15-12-16-21(19)18-14-11-9-7-5-4-6-8-10-13-17(18)20-3/h17-18,20H,4-16H2,1-3H3. The quantitative estimate of drug-likeness (QED) is 0.792. The number of likely N-dealkylation sites (N-methyl/N-ethyl adjacent to an activating group) is 1. The van der Waals surface area contributed by atoms with Gasteiger partial charge in [-0.25, -0.2) is 0 Å². The van der Waals surface area contributed by atoms with Crippen LogP contribution in [0.2, 0.25) is 0 Å². The molecule has 1 saturated carbocycles. The number of likely N-dealkylation sites (tertiary alicyclic amines) is 1.